The van der Waals surface area contributed by atoms with Gasteiger partial charge in [-0.25, -0.2) is 4.98 Å². The highest BCUT2D eigenvalue weighted by atomic mass is 19.4. The second kappa shape index (κ2) is 5.48. The van der Waals surface area contributed by atoms with E-state index in [1.54, 1.807) is 6.07 Å². The van der Waals surface area contributed by atoms with Crippen LogP contribution < -0.4 is 10.1 Å². The molecule has 7 heteroatoms. The van der Waals surface area contributed by atoms with Crippen molar-refractivity contribution in [3.05, 3.63) is 48.3 Å². The molecule has 0 radical (unpaired) electrons. The molecule has 4 nitrogen and oxygen atoms in total. The number of anilines is 2. The number of hydrogen-bond acceptors (Lipinski definition) is 4. The molecule has 1 N–H and O–H groups in total. The first-order valence-electron chi connectivity index (χ1n) is 5.46. The molecule has 1 aromatic heterocycles. The number of halogens is 3. The third kappa shape index (κ3) is 3.62. The highest BCUT2D eigenvalue weighted by Crippen LogP contribution is 2.31. The minimum Gasteiger partial charge on any atom is -0.404 e. The third-order valence-corrected chi connectivity index (χ3v) is 2.27. The molecule has 0 saturated heterocycles. The molecule has 1 aromatic carbocycles. The maximum Gasteiger partial charge on any atom is 0.573 e. The molecule has 2 rings (SSSR count). The zero-order chi connectivity index (χ0) is 14.6. The first-order valence-corrected chi connectivity index (χ1v) is 5.46. The summed E-state index contributed by atoms with van der Waals surface area (Å²) in [5.74, 6) is -0.343. The van der Waals surface area contributed by atoms with Gasteiger partial charge in [0.2, 0.25) is 0 Å². The third-order valence-electron chi connectivity index (χ3n) is 2.27. The van der Waals surface area contributed by atoms with E-state index in [9.17, 15) is 13.2 Å². The average molecular weight is 279 g/mol. The summed E-state index contributed by atoms with van der Waals surface area (Å²) in [6.45, 7) is 0. The molecular weight excluding hydrogens is 271 g/mol. The van der Waals surface area contributed by atoms with Crippen LogP contribution in [0.25, 0.3) is 0 Å². The second-order valence-electron chi connectivity index (χ2n) is 3.71. The monoisotopic (exact) mass is 279 g/mol. The molecule has 0 unspecified atom stereocenters. The molecule has 102 valence electrons. The standard InChI is InChI=1S/C13H8F3N3O/c14-13(15,16)20-12-4-2-1-3-11(12)19-10-6-5-9(7-17)18-8-10/h1-6,8,19H. The number of hydrogen-bond donors (Lipinski definition) is 1. The molecule has 0 atom stereocenters. The number of alkyl halides is 3. The molecule has 0 spiro atoms. The van der Waals surface area contributed by atoms with Crippen molar-refractivity contribution in [2.24, 2.45) is 0 Å². The molecule has 20 heavy (non-hydrogen) atoms. The minimum absolute atomic E-state index is 0.149. The predicted molar refractivity (Wildman–Crippen MR) is 65.4 cm³/mol. The van der Waals surface area contributed by atoms with Crippen LogP contribution in [0.5, 0.6) is 5.75 Å². The van der Waals surface area contributed by atoms with E-state index in [0.29, 0.717) is 5.69 Å². The summed E-state index contributed by atoms with van der Waals surface area (Å²) in [6.07, 6.45) is -3.41. The molecule has 0 aliphatic rings. The number of pyridine rings is 1. The zero-order valence-electron chi connectivity index (χ0n) is 9.98. The zero-order valence-corrected chi connectivity index (χ0v) is 9.98. The molecular formula is C13H8F3N3O. The highest BCUT2D eigenvalue weighted by Gasteiger charge is 2.32. The molecule has 0 fully saturated rings. The quantitative estimate of drug-likeness (QED) is 0.932. The molecule has 0 aliphatic carbocycles. The number of para-hydroxylation sites is 2. The number of ether oxygens (including phenoxy) is 1. The smallest absolute Gasteiger partial charge is 0.404 e. The Morgan fingerprint density at radius 3 is 2.50 bits per heavy atom. The Morgan fingerprint density at radius 1 is 1.15 bits per heavy atom. The number of nitriles is 1. The van der Waals surface area contributed by atoms with Gasteiger partial charge in [0.1, 0.15) is 11.8 Å². The van der Waals surface area contributed by atoms with E-state index < -0.39 is 6.36 Å². The van der Waals surface area contributed by atoms with Gasteiger partial charge in [0, 0.05) is 0 Å². The fraction of sp³-hybridized carbons (Fsp3) is 0.0769. The van der Waals surface area contributed by atoms with Crippen LogP contribution >= 0.6 is 0 Å². The fourth-order valence-corrected chi connectivity index (χ4v) is 1.47. The van der Waals surface area contributed by atoms with Gasteiger partial charge in [0.25, 0.3) is 0 Å². The summed E-state index contributed by atoms with van der Waals surface area (Å²) >= 11 is 0. The molecule has 0 bridgehead atoms. The van der Waals surface area contributed by atoms with Gasteiger partial charge >= 0.3 is 6.36 Å². The number of aromatic nitrogens is 1. The normalized spacial score (nSPS) is 10.7. The summed E-state index contributed by atoms with van der Waals surface area (Å²) in [7, 11) is 0. The Labute approximate surface area is 112 Å². The molecule has 0 aliphatic heterocycles. The van der Waals surface area contributed by atoms with Crippen molar-refractivity contribution < 1.29 is 17.9 Å². The largest absolute Gasteiger partial charge is 0.573 e. The van der Waals surface area contributed by atoms with Crippen molar-refractivity contribution in [2.45, 2.75) is 6.36 Å². The van der Waals surface area contributed by atoms with Gasteiger partial charge in [-0.3, -0.25) is 0 Å². The number of nitrogens with one attached hydrogen (secondary N) is 1. The first-order chi connectivity index (χ1) is 9.48. The Hall–Kier alpha value is -2.75. The van der Waals surface area contributed by atoms with E-state index in [-0.39, 0.29) is 17.1 Å². The SMILES string of the molecule is N#Cc1ccc(Nc2ccccc2OC(F)(F)F)cn1. The van der Waals surface area contributed by atoms with Crippen molar-refractivity contribution in [2.75, 3.05) is 5.32 Å². The van der Waals surface area contributed by atoms with Crippen LogP contribution in [0.3, 0.4) is 0 Å². The van der Waals surface area contributed by atoms with Crippen molar-refractivity contribution >= 4 is 11.4 Å². The lowest BCUT2D eigenvalue weighted by Gasteiger charge is -2.14. The van der Waals surface area contributed by atoms with Crippen molar-refractivity contribution in [3.8, 4) is 11.8 Å². The van der Waals surface area contributed by atoms with E-state index in [1.165, 1.54) is 36.5 Å². The Morgan fingerprint density at radius 2 is 1.90 bits per heavy atom. The summed E-state index contributed by atoms with van der Waals surface area (Å²) < 4.78 is 40.7. The lowest BCUT2D eigenvalue weighted by molar-refractivity contribution is -0.274. The fourth-order valence-electron chi connectivity index (χ4n) is 1.47. The lowest BCUT2D eigenvalue weighted by atomic mass is 10.2. The maximum atomic E-state index is 12.3. The van der Waals surface area contributed by atoms with Gasteiger partial charge in [0.05, 0.1) is 17.6 Å². The summed E-state index contributed by atoms with van der Waals surface area (Å²) in [6, 6.07) is 10.5. The van der Waals surface area contributed by atoms with Crippen molar-refractivity contribution in [1.29, 1.82) is 5.26 Å². The van der Waals surface area contributed by atoms with Gasteiger partial charge in [-0.05, 0) is 24.3 Å². The predicted octanol–water partition coefficient (Wildman–Crippen LogP) is 3.60. The lowest BCUT2D eigenvalue weighted by Crippen LogP contribution is -2.17. The Balaban J connectivity index is 2.22. The molecule has 0 saturated carbocycles. The molecule has 1 heterocycles. The van der Waals surface area contributed by atoms with E-state index in [0.717, 1.165) is 0 Å². The van der Waals surface area contributed by atoms with Gasteiger partial charge in [-0.15, -0.1) is 13.2 Å². The Kier molecular flexibility index (Phi) is 3.75. The van der Waals surface area contributed by atoms with Crippen LogP contribution in [-0.4, -0.2) is 11.3 Å². The molecule has 0 amide bonds. The average Bonchev–Trinajstić information content (AvgIpc) is 2.40. The van der Waals surface area contributed by atoms with Crippen LogP contribution in [0.4, 0.5) is 24.5 Å². The van der Waals surface area contributed by atoms with Crippen LogP contribution in [0.2, 0.25) is 0 Å². The summed E-state index contributed by atoms with van der Waals surface area (Å²) in [5, 5.41) is 11.4. The van der Waals surface area contributed by atoms with E-state index in [4.69, 9.17) is 5.26 Å². The van der Waals surface area contributed by atoms with Crippen LogP contribution in [0.1, 0.15) is 5.69 Å². The van der Waals surface area contributed by atoms with Crippen molar-refractivity contribution in [1.82, 2.24) is 4.98 Å². The topological polar surface area (TPSA) is 57.9 Å². The summed E-state index contributed by atoms with van der Waals surface area (Å²) in [5.41, 5.74) is 0.814. The van der Waals surface area contributed by atoms with E-state index in [2.05, 4.69) is 15.0 Å². The van der Waals surface area contributed by atoms with Gasteiger partial charge in [-0.1, -0.05) is 12.1 Å². The molecule has 2 aromatic rings. The number of benzene rings is 1. The maximum absolute atomic E-state index is 12.3. The number of nitrogens with zero attached hydrogens (tertiary/aromatic N) is 2. The van der Waals surface area contributed by atoms with Crippen molar-refractivity contribution in [3.63, 3.8) is 0 Å². The first kappa shape index (κ1) is 13.7. The van der Waals surface area contributed by atoms with Gasteiger partial charge in [-0.2, -0.15) is 5.26 Å². The van der Waals surface area contributed by atoms with E-state index in [1.807, 2.05) is 6.07 Å². The van der Waals surface area contributed by atoms with Gasteiger partial charge in [0.15, 0.2) is 5.75 Å². The number of rotatable bonds is 3. The van der Waals surface area contributed by atoms with Crippen LogP contribution in [-0.2, 0) is 0 Å². The van der Waals surface area contributed by atoms with Crippen LogP contribution in [0, 0.1) is 11.3 Å². The van der Waals surface area contributed by atoms with Crippen LogP contribution in [0.15, 0.2) is 42.6 Å². The minimum atomic E-state index is -4.76. The van der Waals surface area contributed by atoms with E-state index >= 15 is 0 Å². The second-order valence-corrected chi connectivity index (χ2v) is 3.71. The highest BCUT2D eigenvalue weighted by molar-refractivity contribution is 5.65. The van der Waals surface area contributed by atoms with Gasteiger partial charge < -0.3 is 10.1 Å². The Bertz CT molecular complexity index is 633. The summed E-state index contributed by atoms with van der Waals surface area (Å²) in [4.78, 5) is 3.81.